The van der Waals surface area contributed by atoms with E-state index in [0.717, 1.165) is 38.5 Å². The van der Waals surface area contributed by atoms with Crippen molar-refractivity contribution >= 4 is 5.78 Å². The van der Waals surface area contributed by atoms with E-state index in [4.69, 9.17) is 4.74 Å². The normalized spacial score (nSPS) is 20.0. The Morgan fingerprint density at radius 1 is 1.12 bits per heavy atom. The van der Waals surface area contributed by atoms with Gasteiger partial charge in [-0.3, -0.25) is 4.79 Å². The fourth-order valence-electron chi connectivity index (χ4n) is 2.89. The van der Waals surface area contributed by atoms with E-state index in [1.807, 2.05) is 6.92 Å². The van der Waals surface area contributed by atoms with Gasteiger partial charge < -0.3 is 4.74 Å². The number of rotatable bonds is 6. The Bertz CT molecular complexity index is 207. The minimum Gasteiger partial charge on any atom is -0.367 e. The maximum Gasteiger partial charge on any atom is 0.167 e. The van der Waals surface area contributed by atoms with Crippen molar-refractivity contribution < 1.29 is 9.53 Å². The lowest BCUT2D eigenvalue weighted by atomic mass is 9.76. The van der Waals surface area contributed by atoms with Crippen molar-refractivity contribution in [2.75, 3.05) is 6.61 Å². The average Bonchev–Trinajstić information content (AvgIpc) is 2.32. The molecule has 0 N–H and O–H groups in total. The number of Topliss-reactive ketones (excluding diaryl/α,β-unsaturated/α-hetero) is 1. The molecular formula is C14H26O2. The molecule has 0 amide bonds. The Hall–Kier alpha value is -0.370. The molecule has 1 aliphatic rings. The third-order valence-corrected chi connectivity index (χ3v) is 3.89. The minimum atomic E-state index is -0.427. The topological polar surface area (TPSA) is 26.3 Å². The van der Waals surface area contributed by atoms with Gasteiger partial charge in [-0.2, -0.15) is 0 Å². The van der Waals surface area contributed by atoms with Gasteiger partial charge in [0.2, 0.25) is 0 Å². The molecule has 0 unspecified atom stereocenters. The summed E-state index contributed by atoms with van der Waals surface area (Å²) in [5, 5.41) is 0. The number of carbonyl (C=O) groups is 1. The van der Waals surface area contributed by atoms with Gasteiger partial charge in [0.1, 0.15) is 5.60 Å². The second-order valence-electron chi connectivity index (χ2n) is 4.87. The average molecular weight is 226 g/mol. The van der Waals surface area contributed by atoms with Crippen LogP contribution in [0, 0.1) is 5.92 Å². The summed E-state index contributed by atoms with van der Waals surface area (Å²) in [6, 6.07) is 0. The number of hydrogen-bond acceptors (Lipinski definition) is 2. The summed E-state index contributed by atoms with van der Waals surface area (Å²) in [6.07, 6.45) is 7.32. The molecule has 1 saturated carbocycles. The second-order valence-corrected chi connectivity index (χ2v) is 4.87. The molecule has 0 bridgehead atoms. The zero-order chi connectivity index (χ0) is 12.0. The van der Waals surface area contributed by atoms with Crippen LogP contribution in [0.5, 0.6) is 0 Å². The van der Waals surface area contributed by atoms with E-state index in [0.29, 0.717) is 12.4 Å². The number of ketones is 1. The fourth-order valence-corrected chi connectivity index (χ4v) is 2.89. The van der Waals surface area contributed by atoms with Gasteiger partial charge in [-0.15, -0.1) is 0 Å². The Kier molecular flexibility index (Phi) is 5.47. The molecule has 0 saturated heterocycles. The van der Waals surface area contributed by atoms with Gasteiger partial charge >= 0.3 is 0 Å². The van der Waals surface area contributed by atoms with E-state index in [2.05, 4.69) is 13.8 Å². The molecule has 0 radical (unpaired) electrons. The highest BCUT2D eigenvalue weighted by Crippen LogP contribution is 2.35. The van der Waals surface area contributed by atoms with Gasteiger partial charge in [0.15, 0.2) is 5.78 Å². The molecule has 2 heteroatoms. The first-order valence-electron chi connectivity index (χ1n) is 6.88. The number of hydrogen-bond donors (Lipinski definition) is 0. The Balaban J connectivity index is 2.78. The molecule has 16 heavy (non-hydrogen) atoms. The number of ether oxygens (including phenoxy) is 1. The minimum absolute atomic E-state index is 0.199. The zero-order valence-corrected chi connectivity index (χ0v) is 11.1. The first-order valence-corrected chi connectivity index (χ1v) is 6.88. The van der Waals surface area contributed by atoms with Crippen molar-refractivity contribution in [3.8, 4) is 0 Å². The van der Waals surface area contributed by atoms with Gasteiger partial charge in [-0.25, -0.2) is 0 Å². The predicted molar refractivity (Wildman–Crippen MR) is 66.5 cm³/mol. The fraction of sp³-hybridized carbons (Fsp3) is 0.929. The molecule has 94 valence electrons. The third kappa shape index (κ3) is 2.85. The van der Waals surface area contributed by atoms with Gasteiger partial charge in [-0.1, -0.05) is 33.1 Å². The van der Waals surface area contributed by atoms with Crippen molar-refractivity contribution in [3.05, 3.63) is 0 Å². The molecule has 0 atom stereocenters. The van der Waals surface area contributed by atoms with Crippen LogP contribution < -0.4 is 0 Å². The van der Waals surface area contributed by atoms with Gasteiger partial charge in [-0.05, 0) is 32.6 Å². The van der Waals surface area contributed by atoms with Crippen LogP contribution >= 0.6 is 0 Å². The smallest absolute Gasteiger partial charge is 0.167 e. The monoisotopic (exact) mass is 226 g/mol. The molecule has 1 rings (SSSR count). The highest BCUT2D eigenvalue weighted by Gasteiger charge is 2.42. The molecule has 0 aromatic rings. The first kappa shape index (κ1) is 13.7. The summed E-state index contributed by atoms with van der Waals surface area (Å²) in [5.41, 5.74) is -0.427. The van der Waals surface area contributed by atoms with E-state index in [1.54, 1.807) is 0 Å². The molecule has 1 aliphatic carbocycles. The van der Waals surface area contributed by atoms with Crippen molar-refractivity contribution in [1.29, 1.82) is 0 Å². The van der Waals surface area contributed by atoms with Crippen LogP contribution in [0.2, 0.25) is 0 Å². The summed E-state index contributed by atoms with van der Waals surface area (Å²) >= 11 is 0. The van der Waals surface area contributed by atoms with Crippen LogP contribution in [-0.4, -0.2) is 18.0 Å². The van der Waals surface area contributed by atoms with Crippen molar-refractivity contribution in [1.82, 2.24) is 0 Å². The van der Waals surface area contributed by atoms with Crippen molar-refractivity contribution in [2.45, 2.75) is 71.3 Å². The van der Waals surface area contributed by atoms with Gasteiger partial charge in [0, 0.05) is 12.5 Å². The maximum atomic E-state index is 12.5. The molecule has 0 aliphatic heterocycles. The van der Waals surface area contributed by atoms with Crippen LogP contribution in [0.4, 0.5) is 0 Å². The third-order valence-electron chi connectivity index (χ3n) is 3.89. The molecule has 2 nitrogen and oxygen atoms in total. The SMILES string of the molecule is CCOC1(C(=O)C(CC)CC)CCCCC1. The molecular weight excluding hydrogens is 200 g/mol. The first-order chi connectivity index (χ1) is 7.70. The Morgan fingerprint density at radius 3 is 2.12 bits per heavy atom. The molecule has 1 fully saturated rings. The van der Waals surface area contributed by atoms with E-state index in [1.165, 1.54) is 6.42 Å². The maximum absolute atomic E-state index is 12.5. The van der Waals surface area contributed by atoms with Crippen LogP contribution in [0.1, 0.15) is 65.7 Å². The van der Waals surface area contributed by atoms with Crippen LogP contribution in [0.3, 0.4) is 0 Å². The molecule has 0 spiro atoms. The molecule has 0 aromatic heterocycles. The van der Waals surface area contributed by atoms with E-state index in [9.17, 15) is 4.79 Å². The number of carbonyl (C=O) groups excluding carboxylic acids is 1. The van der Waals surface area contributed by atoms with E-state index in [-0.39, 0.29) is 5.92 Å². The van der Waals surface area contributed by atoms with Gasteiger partial charge in [0.25, 0.3) is 0 Å². The zero-order valence-electron chi connectivity index (χ0n) is 11.1. The summed E-state index contributed by atoms with van der Waals surface area (Å²) in [7, 11) is 0. The highest BCUT2D eigenvalue weighted by atomic mass is 16.5. The highest BCUT2D eigenvalue weighted by molar-refractivity contribution is 5.89. The van der Waals surface area contributed by atoms with Crippen LogP contribution in [0.15, 0.2) is 0 Å². The quantitative estimate of drug-likeness (QED) is 0.689. The summed E-state index contributed by atoms with van der Waals surface area (Å²) < 4.78 is 5.87. The van der Waals surface area contributed by atoms with E-state index < -0.39 is 5.60 Å². The largest absolute Gasteiger partial charge is 0.367 e. The van der Waals surface area contributed by atoms with Crippen molar-refractivity contribution in [3.63, 3.8) is 0 Å². The van der Waals surface area contributed by atoms with Gasteiger partial charge in [0.05, 0.1) is 0 Å². The second kappa shape index (κ2) is 6.39. The van der Waals surface area contributed by atoms with Crippen molar-refractivity contribution in [2.24, 2.45) is 5.92 Å². The Morgan fingerprint density at radius 2 is 1.69 bits per heavy atom. The molecule has 0 heterocycles. The van der Waals surface area contributed by atoms with Crippen LogP contribution in [-0.2, 0) is 9.53 Å². The lowest BCUT2D eigenvalue weighted by molar-refractivity contribution is -0.153. The Labute approximate surface area is 99.8 Å². The summed E-state index contributed by atoms with van der Waals surface area (Å²) in [5.74, 6) is 0.573. The standard InChI is InChI=1S/C14H26O2/c1-4-12(5-2)13(15)14(16-6-3)10-8-7-9-11-14/h12H,4-11H2,1-3H3. The van der Waals surface area contributed by atoms with E-state index >= 15 is 0 Å². The predicted octanol–water partition coefficient (Wildman–Crippen LogP) is 3.73. The summed E-state index contributed by atoms with van der Waals surface area (Å²) in [4.78, 5) is 12.5. The lowest BCUT2D eigenvalue weighted by Crippen LogP contribution is -2.46. The molecule has 0 aromatic carbocycles. The summed E-state index contributed by atoms with van der Waals surface area (Å²) in [6.45, 7) is 6.87. The lowest BCUT2D eigenvalue weighted by Gasteiger charge is -2.37. The van der Waals surface area contributed by atoms with Crippen LogP contribution in [0.25, 0.3) is 0 Å².